The minimum absolute atomic E-state index is 0.657. The van der Waals surface area contributed by atoms with Gasteiger partial charge in [0.05, 0.1) is 0 Å². The second-order valence-electron chi connectivity index (χ2n) is 6.26. The predicted molar refractivity (Wildman–Crippen MR) is 93.0 cm³/mol. The van der Waals surface area contributed by atoms with Gasteiger partial charge in [-0.05, 0) is 48.7 Å². The van der Waals surface area contributed by atoms with Crippen LogP contribution in [0.25, 0.3) is 10.1 Å². The van der Waals surface area contributed by atoms with Crippen LogP contribution in [0.3, 0.4) is 0 Å². The van der Waals surface area contributed by atoms with Gasteiger partial charge in [0.1, 0.15) is 0 Å². The lowest BCUT2D eigenvalue weighted by molar-refractivity contribution is 0.194. The van der Waals surface area contributed by atoms with Crippen LogP contribution < -0.4 is 5.32 Å². The molecule has 1 aromatic carbocycles. The third kappa shape index (κ3) is 3.47. The Morgan fingerprint density at radius 1 is 1.33 bits per heavy atom. The summed E-state index contributed by atoms with van der Waals surface area (Å²) in [6, 6.07) is 10.1. The number of hydrogen-bond donors (Lipinski definition) is 1. The molecule has 2 nitrogen and oxygen atoms in total. The number of benzene rings is 1. The van der Waals surface area contributed by atoms with Crippen molar-refractivity contribution < 1.29 is 0 Å². The van der Waals surface area contributed by atoms with Crippen molar-refractivity contribution in [2.75, 3.05) is 13.1 Å². The van der Waals surface area contributed by atoms with Gasteiger partial charge in [0.15, 0.2) is 0 Å². The highest BCUT2D eigenvalue weighted by atomic mass is 32.1. The largest absolute Gasteiger partial charge is 0.313 e. The summed E-state index contributed by atoms with van der Waals surface area (Å²) >= 11 is 1.88. The zero-order chi connectivity index (χ0) is 14.7. The second-order valence-corrected chi connectivity index (χ2v) is 7.18. The molecule has 0 radical (unpaired) electrons. The van der Waals surface area contributed by atoms with Gasteiger partial charge in [-0.15, -0.1) is 11.3 Å². The fraction of sp³-hybridized carbons (Fsp3) is 0.556. The first-order valence-electron chi connectivity index (χ1n) is 8.20. The molecule has 0 spiro atoms. The summed E-state index contributed by atoms with van der Waals surface area (Å²) < 4.78 is 1.42. The number of thiophene rings is 1. The van der Waals surface area contributed by atoms with E-state index < -0.39 is 0 Å². The zero-order valence-electron chi connectivity index (χ0n) is 13.1. The van der Waals surface area contributed by atoms with E-state index in [2.05, 4.69) is 53.7 Å². The average molecular weight is 302 g/mol. The van der Waals surface area contributed by atoms with Crippen molar-refractivity contribution in [3.05, 3.63) is 35.2 Å². The Bertz CT molecular complexity index is 577. The van der Waals surface area contributed by atoms with Crippen molar-refractivity contribution in [2.45, 2.75) is 51.7 Å². The van der Waals surface area contributed by atoms with Gasteiger partial charge in [-0.2, -0.15) is 0 Å². The monoisotopic (exact) mass is 302 g/mol. The van der Waals surface area contributed by atoms with E-state index in [4.69, 9.17) is 0 Å². The van der Waals surface area contributed by atoms with Gasteiger partial charge in [0, 0.05) is 29.9 Å². The topological polar surface area (TPSA) is 15.3 Å². The first-order chi connectivity index (χ1) is 10.3. The lowest BCUT2D eigenvalue weighted by Gasteiger charge is -2.29. The van der Waals surface area contributed by atoms with E-state index in [1.807, 2.05) is 11.3 Å². The van der Waals surface area contributed by atoms with E-state index in [0.717, 1.165) is 13.1 Å². The van der Waals surface area contributed by atoms with Crippen LogP contribution in [-0.2, 0) is 6.54 Å². The first kappa shape index (κ1) is 15.0. The van der Waals surface area contributed by atoms with Crippen LogP contribution in [0.15, 0.2) is 29.6 Å². The van der Waals surface area contributed by atoms with Crippen molar-refractivity contribution in [2.24, 2.45) is 0 Å². The van der Waals surface area contributed by atoms with Crippen LogP contribution >= 0.6 is 11.3 Å². The minimum Gasteiger partial charge on any atom is -0.313 e. The maximum atomic E-state index is 3.72. The van der Waals surface area contributed by atoms with Gasteiger partial charge in [-0.3, -0.25) is 4.90 Å². The summed E-state index contributed by atoms with van der Waals surface area (Å²) in [5.41, 5.74) is 1.50. The molecule has 0 amide bonds. The summed E-state index contributed by atoms with van der Waals surface area (Å²) in [5.74, 6) is 0. The van der Waals surface area contributed by atoms with Crippen LogP contribution in [0, 0.1) is 0 Å². The lowest BCUT2D eigenvalue weighted by Crippen LogP contribution is -2.39. The molecule has 0 aliphatic carbocycles. The first-order valence-corrected chi connectivity index (χ1v) is 9.08. The van der Waals surface area contributed by atoms with Crippen LogP contribution in [0.1, 0.15) is 38.7 Å². The Morgan fingerprint density at radius 3 is 3.05 bits per heavy atom. The van der Waals surface area contributed by atoms with Crippen LogP contribution in [0.2, 0.25) is 0 Å². The molecule has 3 heteroatoms. The molecular formula is C18H26N2S. The number of nitrogens with one attached hydrogen (secondary N) is 1. The van der Waals surface area contributed by atoms with Crippen LogP contribution in [0.5, 0.6) is 0 Å². The van der Waals surface area contributed by atoms with E-state index in [1.165, 1.54) is 41.5 Å². The molecule has 1 aliphatic heterocycles. The molecule has 0 saturated carbocycles. The maximum Gasteiger partial charge on any atom is 0.0346 e. The average Bonchev–Trinajstić information content (AvgIpc) is 2.81. The van der Waals surface area contributed by atoms with E-state index in [1.54, 1.807) is 0 Å². The highest BCUT2D eigenvalue weighted by Gasteiger charge is 2.23. The molecule has 1 fully saturated rings. The van der Waals surface area contributed by atoms with Crippen molar-refractivity contribution in [3.8, 4) is 0 Å². The molecule has 1 aromatic heterocycles. The lowest BCUT2D eigenvalue weighted by atomic mass is 10.1. The Balaban J connectivity index is 1.77. The van der Waals surface area contributed by atoms with E-state index in [0.29, 0.717) is 12.1 Å². The van der Waals surface area contributed by atoms with E-state index in [9.17, 15) is 0 Å². The van der Waals surface area contributed by atoms with Crippen molar-refractivity contribution in [1.82, 2.24) is 10.2 Å². The van der Waals surface area contributed by atoms with Crippen molar-refractivity contribution in [3.63, 3.8) is 0 Å². The van der Waals surface area contributed by atoms with Gasteiger partial charge in [0.2, 0.25) is 0 Å². The van der Waals surface area contributed by atoms with Crippen molar-refractivity contribution >= 4 is 21.4 Å². The van der Waals surface area contributed by atoms with E-state index >= 15 is 0 Å². The fourth-order valence-electron chi connectivity index (χ4n) is 3.34. The molecule has 2 atom stereocenters. The molecular weight excluding hydrogens is 276 g/mol. The zero-order valence-corrected chi connectivity index (χ0v) is 14.0. The van der Waals surface area contributed by atoms with Gasteiger partial charge >= 0.3 is 0 Å². The van der Waals surface area contributed by atoms with Crippen LogP contribution in [-0.4, -0.2) is 30.1 Å². The number of nitrogens with zero attached hydrogens (tertiary/aromatic N) is 1. The number of hydrogen-bond acceptors (Lipinski definition) is 3. The fourth-order valence-corrected chi connectivity index (χ4v) is 4.30. The molecule has 1 aliphatic rings. The van der Waals surface area contributed by atoms with Gasteiger partial charge < -0.3 is 5.32 Å². The minimum atomic E-state index is 0.657. The third-order valence-corrected chi connectivity index (χ3v) is 5.66. The number of fused-ring (bicyclic) bond motifs is 1. The summed E-state index contributed by atoms with van der Waals surface area (Å²) in [6.45, 7) is 8.09. The summed E-state index contributed by atoms with van der Waals surface area (Å²) in [4.78, 5) is 2.68. The molecule has 21 heavy (non-hydrogen) atoms. The second kappa shape index (κ2) is 6.91. The number of rotatable bonds is 4. The Kier molecular flexibility index (Phi) is 4.94. The van der Waals surface area contributed by atoms with Gasteiger partial charge in [0.25, 0.3) is 0 Å². The summed E-state index contributed by atoms with van der Waals surface area (Å²) in [6.07, 6.45) is 3.80. The third-order valence-electron chi connectivity index (χ3n) is 4.65. The molecule has 114 valence electrons. The molecule has 2 aromatic rings. The van der Waals surface area contributed by atoms with Gasteiger partial charge in [-0.25, -0.2) is 0 Å². The van der Waals surface area contributed by atoms with Crippen molar-refractivity contribution in [1.29, 1.82) is 0 Å². The SMILES string of the molecule is CCCC1CN(Cc2csc3ccccc23)C(C)CCN1. The van der Waals surface area contributed by atoms with Gasteiger partial charge in [-0.1, -0.05) is 31.5 Å². The quantitative estimate of drug-likeness (QED) is 0.908. The summed E-state index contributed by atoms with van der Waals surface area (Å²) in [5, 5.41) is 7.52. The molecule has 2 heterocycles. The molecule has 2 unspecified atom stereocenters. The van der Waals surface area contributed by atoms with E-state index in [-0.39, 0.29) is 0 Å². The molecule has 3 rings (SSSR count). The summed E-state index contributed by atoms with van der Waals surface area (Å²) in [7, 11) is 0. The molecule has 1 saturated heterocycles. The maximum absolute atomic E-state index is 3.72. The van der Waals surface area contributed by atoms with Crippen LogP contribution in [0.4, 0.5) is 0 Å². The molecule has 1 N–H and O–H groups in total. The smallest absolute Gasteiger partial charge is 0.0346 e. The highest BCUT2D eigenvalue weighted by Crippen LogP contribution is 2.27. The standard InChI is InChI=1S/C18H26N2S/c1-3-6-16-12-20(14(2)9-10-19-16)11-15-13-21-18-8-5-4-7-17(15)18/h4-5,7-8,13-14,16,19H,3,6,9-12H2,1-2H3. The Labute approximate surface area is 132 Å². The Morgan fingerprint density at radius 2 is 2.19 bits per heavy atom. The Hall–Kier alpha value is -0.900. The molecule has 0 bridgehead atoms. The highest BCUT2D eigenvalue weighted by molar-refractivity contribution is 7.17. The predicted octanol–water partition coefficient (Wildman–Crippen LogP) is 4.25. The normalized spacial score (nSPS) is 24.3.